The summed E-state index contributed by atoms with van der Waals surface area (Å²) in [7, 11) is 0. The zero-order valence-electron chi connectivity index (χ0n) is 25.0. The molecule has 6 aliphatic rings. The van der Waals surface area contributed by atoms with Gasteiger partial charge in [0.1, 0.15) is 11.3 Å². The summed E-state index contributed by atoms with van der Waals surface area (Å²) < 4.78 is 6.62. The van der Waals surface area contributed by atoms with Crippen LogP contribution in [0.1, 0.15) is 104 Å². The molecular formula is C36H50ClNO. The Labute approximate surface area is 242 Å². The Morgan fingerprint density at radius 3 is 2.56 bits per heavy atom. The van der Waals surface area contributed by atoms with Gasteiger partial charge in [0.05, 0.1) is 5.39 Å². The minimum Gasteiger partial charge on any atom is -1.00 e. The van der Waals surface area contributed by atoms with Gasteiger partial charge >= 0.3 is 5.89 Å². The fraction of sp³-hybridized carbons (Fsp3) is 0.694. The van der Waals surface area contributed by atoms with E-state index in [1.807, 2.05) is 0 Å². The fourth-order valence-electron chi connectivity index (χ4n) is 10.9. The van der Waals surface area contributed by atoms with E-state index in [2.05, 4.69) is 69.9 Å². The number of nitrogens with one attached hydrogen (secondary N) is 1. The molecule has 2 aliphatic heterocycles. The largest absolute Gasteiger partial charge is 1.00 e. The first-order valence-corrected chi connectivity index (χ1v) is 16.1. The van der Waals surface area contributed by atoms with Crippen LogP contribution in [0.25, 0.3) is 22.4 Å². The van der Waals surface area contributed by atoms with Gasteiger partial charge < -0.3 is 16.8 Å². The number of rotatable bonds is 5. The van der Waals surface area contributed by atoms with E-state index in [0.29, 0.717) is 10.8 Å². The van der Waals surface area contributed by atoms with Crippen LogP contribution in [0.2, 0.25) is 0 Å². The van der Waals surface area contributed by atoms with E-state index in [4.69, 9.17) is 4.42 Å². The van der Waals surface area contributed by atoms with Crippen LogP contribution in [-0.2, 0) is 12.8 Å². The monoisotopic (exact) mass is 547 g/mol. The average Bonchev–Trinajstić information content (AvgIpc) is 3.42. The van der Waals surface area contributed by atoms with E-state index < -0.39 is 0 Å². The molecule has 0 spiro atoms. The Balaban J connectivity index is 0.00000277. The van der Waals surface area contributed by atoms with Gasteiger partial charge in [-0.2, -0.15) is 4.98 Å². The van der Waals surface area contributed by atoms with Gasteiger partial charge in [0.2, 0.25) is 5.52 Å². The van der Waals surface area contributed by atoms with E-state index >= 15 is 0 Å². The summed E-state index contributed by atoms with van der Waals surface area (Å²) in [6, 6.07) is 11.2. The van der Waals surface area contributed by atoms with Crippen molar-refractivity contribution in [2.24, 2.45) is 52.3 Å². The van der Waals surface area contributed by atoms with Crippen LogP contribution in [0.3, 0.4) is 0 Å². The van der Waals surface area contributed by atoms with Crippen LogP contribution < -0.4 is 17.4 Å². The molecule has 1 aromatic rings. The molecular weight excluding hydrogens is 498 g/mol. The van der Waals surface area contributed by atoms with E-state index in [-0.39, 0.29) is 12.4 Å². The molecule has 2 heterocycles. The molecule has 2 nitrogen and oxygen atoms in total. The van der Waals surface area contributed by atoms with E-state index in [1.54, 1.807) is 0 Å². The molecule has 3 heteroatoms. The Morgan fingerprint density at radius 1 is 0.949 bits per heavy atom. The van der Waals surface area contributed by atoms with Gasteiger partial charge in [-0.1, -0.05) is 66.0 Å². The topological polar surface area (TPSA) is 27.3 Å². The third-order valence-electron chi connectivity index (χ3n) is 12.9. The molecule has 39 heavy (non-hydrogen) atoms. The van der Waals surface area contributed by atoms with Crippen LogP contribution in [-0.4, -0.2) is 0 Å². The minimum absolute atomic E-state index is 0. The number of benzene rings is 1. The Morgan fingerprint density at radius 2 is 1.74 bits per heavy atom. The molecule has 3 fully saturated rings. The molecule has 212 valence electrons. The number of aromatic nitrogens is 1. The molecule has 0 bridgehead atoms. The van der Waals surface area contributed by atoms with Gasteiger partial charge in [-0.05, 0) is 115 Å². The molecule has 0 radical (unpaired) electrons. The zero-order valence-corrected chi connectivity index (χ0v) is 25.7. The second kappa shape index (κ2) is 10.1. The molecule has 0 amide bonds. The summed E-state index contributed by atoms with van der Waals surface area (Å²) in [6.07, 6.45) is 15.4. The van der Waals surface area contributed by atoms with Crippen LogP contribution in [0.5, 0.6) is 0 Å². The van der Waals surface area contributed by atoms with E-state index in [1.165, 1.54) is 92.0 Å². The fourth-order valence-corrected chi connectivity index (χ4v) is 10.9. The second-order valence-electron chi connectivity index (χ2n) is 15.2. The quantitative estimate of drug-likeness (QED) is 0.363. The highest BCUT2D eigenvalue weighted by molar-refractivity contribution is 5.92. The van der Waals surface area contributed by atoms with Crippen molar-refractivity contribution < 1.29 is 21.8 Å². The van der Waals surface area contributed by atoms with Gasteiger partial charge in [-0.15, -0.1) is 0 Å². The van der Waals surface area contributed by atoms with Crippen LogP contribution in [0, 0.1) is 52.3 Å². The third-order valence-corrected chi connectivity index (χ3v) is 12.9. The molecule has 7 rings (SSSR count). The molecule has 1 unspecified atom stereocenters. The Kier molecular flexibility index (Phi) is 7.13. The van der Waals surface area contributed by atoms with Crippen molar-refractivity contribution in [3.63, 3.8) is 0 Å². The van der Waals surface area contributed by atoms with Gasteiger partial charge in [0.25, 0.3) is 0 Å². The number of hydrogen-bond donors (Lipinski definition) is 0. The van der Waals surface area contributed by atoms with Crippen molar-refractivity contribution in [1.29, 1.82) is 0 Å². The van der Waals surface area contributed by atoms with Crippen LogP contribution in [0.15, 0.2) is 34.7 Å². The van der Waals surface area contributed by atoms with Gasteiger partial charge in [-0.25, -0.2) is 0 Å². The number of halogens is 1. The first-order chi connectivity index (χ1) is 18.3. The lowest BCUT2D eigenvalue weighted by Crippen LogP contribution is -3.00. The highest BCUT2D eigenvalue weighted by Gasteiger charge is 2.60. The number of para-hydroxylation sites is 1. The molecule has 4 aliphatic carbocycles. The Bertz CT molecular complexity index is 1290. The maximum Gasteiger partial charge on any atom is 0.380 e. The van der Waals surface area contributed by atoms with Gasteiger partial charge in [-0.3, -0.25) is 0 Å². The standard InChI is InChI=1S/C36H49NO.ClH/c1-22(2)9-8-10-23(3)29-15-16-30-27-14-13-25-20-33-24(21-36(25,5)31(27)17-18-35(29,30)4)19-28-26-11-6-7-12-32(26)37-34(28)38-33;/h6-7,11-12,19,22-23,25,27,29-31H,8-10,13-18,20-21H2,1-5H3;1H/t23-,25?,27+,29-,30+,31+,35-,36+;/m1./s1. The predicted octanol–water partition coefficient (Wildman–Crippen LogP) is 6.39. The molecule has 0 aromatic heterocycles. The number of hydrogen-bond acceptors (Lipinski definition) is 1. The first-order valence-electron chi connectivity index (χ1n) is 16.1. The second-order valence-corrected chi connectivity index (χ2v) is 15.2. The van der Waals surface area contributed by atoms with Crippen LogP contribution >= 0.6 is 0 Å². The SMILES string of the molecule is CC(C)CCC[C@@H](C)[C@H]1CC[C@H]2[C@@H]3CCC4Cc5oc6[nH+]c7ccccc7c-6cc5C[C@]4(C)[C@H]3CC[C@]12C.[Cl-]. The zero-order chi connectivity index (χ0) is 26.2. The van der Waals surface area contributed by atoms with Crippen molar-refractivity contribution in [3.05, 3.63) is 41.7 Å². The van der Waals surface area contributed by atoms with E-state index in [0.717, 1.165) is 53.7 Å². The molecule has 8 atom stereocenters. The van der Waals surface area contributed by atoms with Crippen molar-refractivity contribution in [2.75, 3.05) is 0 Å². The highest BCUT2D eigenvalue weighted by Crippen LogP contribution is 2.68. The first kappa shape index (κ1) is 27.6. The Hall–Kier alpha value is -1.54. The maximum atomic E-state index is 6.62. The number of fused-ring (bicyclic) bond motifs is 9. The van der Waals surface area contributed by atoms with Crippen molar-refractivity contribution in [3.8, 4) is 11.5 Å². The lowest BCUT2D eigenvalue weighted by Gasteiger charge is -2.60. The molecule has 1 N–H and O–H groups in total. The summed E-state index contributed by atoms with van der Waals surface area (Å²) in [5, 5.41) is 1.30. The summed E-state index contributed by atoms with van der Waals surface area (Å²) in [5.41, 5.74) is 4.97. The smallest absolute Gasteiger partial charge is 0.380 e. The van der Waals surface area contributed by atoms with Gasteiger partial charge in [0.15, 0.2) is 0 Å². The van der Waals surface area contributed by atoms with E-state index in [9.17, 15) is 0 Å². The van der Waals surface area contributed by atoms with Gasteiger partial charge in [0, 0.05) is 12.5 Å². The van der Waals surface area contributed by atoms with Crippen molar-refractivity contribution >= 4 is 10.9 Å². The molecule has 0 saturated heterocycles. The summed E-state index contributed by atoms with van der Waals surface area (Å²) in [5.74, 6) is 8.50. The summed E-state index contributed by atoms with van der Waals surface area (Å²) >= 11 is 0. The third kappa shape index (κ3) is 4.29. The lowest BCUT2D eigenvalue weighted by molar-refractivity contribution is -0.344. The molecule has 3 saturated carbocycles. The van der Waals surface area contributed by atoms with Crippen molar-refractivity contribution in [2.45, 2.75) is 105 Å². The molecule has 1 aromatic carbocycles. The maximum absolute atomic E-state index is 6.62. The summed E-state index contributed by atoms with van der Waals surface area (Å²) in [6.45, 7) is 12.8. The normalized spacial score (nSPS) is 36.2. The van der Waals surface area contributed by atoms with Crippen LogP contribution in [0.4, 0.5) is 0 Å². The summed E-state index contributed by atoms with van der Waals surface area (Å²) in [4.78, 5) is 3.55. The number of aromatic amines is 1. The lowest BCUT2D eigenvalue weighted by atomic mass is 9.44. The average molecular weight is 548 g/mol. The van der Waals surface area contributed by atoms with Crippen molar-refractivity contribution in [1.82, 2.24) is 0 Å². The highest BCUT2D eigenvalue weighted by atomic mass is 35.5. The predicted molar refractivity (Wildman–Crippen MR) is 156 cm³/mol. The minimum atomic E-state index is 0. The number of H-pyrrole nitrogens is 1.